The van der Waals surface area contributed by atoms with Gasteiger partial charge in [0.05, 0.1) is 29.7 Å². The number of anilines is 2. The van der Waals surface area contributed by atoms with Gasteiger partial charge in [-0.05, 0) is 91.3 Å². The van der Waals surface area contributed by atoms with E-state index in [1.807, 2.05) is 37.3 Å². The van der Waals surface area contributed by atoms with Gasteiger partial charge >= 0.3 is 4.87 Å². The number of methoxy groups -OCH3 is 1. The highest BCUT2D eigenvalue weighted by Gasteiger charge is 2.69. The van der Waals surface area contributed by atoms with Gasteiger partial charge in [-0.3, -0.25) is 24.1 Å². The zero-order valence-electron chi connectivity index (χ0n) is 25.4. The summed E-state index contributed by atoms with van der Waals surface area (Å²) in [4.78, 5) is 58.8. The Hall–Kier alpha value is -4.06. The van der Waals surface area contributed by atoms with Gasteiger partial charge in [-0.1, -0.05) is 35.1 Å². The molecular formula is C35H30ClN3O6S2. The maximum atomic E-state index is 14.1. The minimum Gasteiger partial charge on any atom is -0.497 e. The molecular weight excluding hydrogens is 658 g/mol. The van der Waals surface area contributed by atoms with Crippen molar-refractivity contribution in [2.24, 2.45) is 29.6 Å². The SMILES string of the molecule is COc1ccc(N2C(=O)[C@H]3[C@H]4C[C@@H]([C@@H]3C2=O)[C@@H]2[C@H](c3cc(Cl)ccc3OCC(=O)Nc3cccc(C)c3)c3sc(=O)[nH]c3S[C@H]42)cc1. The van der Waals surface area contributed by atoms with Gasteiger partial charge in [0.1, 0.15) is 11.5 Å². The number of ether oxygens (including phenoxy) is 2. The number of thioether (sulfide) groups is 1. The minimum absolute atomic E-state index is 0.00646. The number of carbonyl (C=O) groups excluding carboxylic acids is 3. The van der Waals surface area contributed by atoms with E-state index in [0.717, 1.165) is 38.8 Å². The Bertz CT molecular complexity index is 1990. The van der Waals surface area contributed by atoms with E-state index in [9.17, 15) is 19.2 Å². The molecule has 2 bridgehead atoms. The number of imide groups is 1. The number of nitrogens with one attached hydrogen (secondary N) is 2. The van der Waals surface area contributed by atoms with Crippen LogP contribution in [0.15, 0.2) is 76.6 Å². The number of amides is 3. The molecule has 12 heteroatoms. The van der Waals surface area contributed by atoms with Gasteiger partial charge in [0.2, 0.25) is 11.8 Å². The fraction of sp³-hybridized carbons (Fsp3) is 0.314. The number of fused-ring (bicyclic) bond motifs is 9. The summed E-state index contributed by atoms with van der Waals surface area (Å²) < 4.78 is 11.5. The Balaban J connectivity index is 1.13. The lowest BCUT2D eigenvalue weighted by molar-refractivity contribution is -0.123. The molecule has 9 nitrogen and oxygen atoms in total. The molecule has 3 fully saturated rings. The van der Waals surface area contributed by atoms with E-state index >= 15 is 0 Å². The molecule has 1 aromatic heterocycles. The summed E-state index contributed by atoms with van der Waals surface area (Å²) in [6.07, 6.45) is 0.747. The van der Waals surface area contributed by atoms with Crippen LogP contribution in [0.4, 0.5) is 11.4 Å². The highest BCUT2D eigenvalue weighted by molar-refractivity contribution is 8.00. The lowest BCUT2D eigenvalue weighted by atomic mass is 9.68. The number of carbonyl (C=O) groups is 3. The Morgan fingerprint density at radius 2 is 1.79 bits per heavy atom. The minimum atomic E-state index is -0.458. The third-order valence-corrected chi connectivity index (χ3v) is 12.8. The standard InChI is InChI=1S/C35H30ClN3O6S2/c1-16-4-3-5-18(12-16)37-25(40)15-45-24-11-6-17(36)13-21(24)26-27-22-14-23(30(27)46-32-31(26)47-35(43)38-32)29-28(22)33(41)39(34(29)42)19-7-9-20(44-2)10-8-19/h3-13,22-23,26-30H,14-15H2,1-2H3,(H,37,40)(H,38,43)/t22-,23-,26+,27-,28+,29+,30-/m1/s1. The zero-order chi connectivity index (χ0) is 32.6. The number of benzene rings is 3. The molecule has 3 heterocycles. The quantitative estimate of drug-likeness (QED) is 0.226. The third-order valence-electron chi connectivity index (χ3n) is 10.0. The molecule has 0 spiro atoms. The molecule has 3 aromatic carbocycles. The number of H-pyrrole nitrogens is 1. The van der Waals surface area contributed by atoms with Gasteiger partial charge in [-0.2, -0.15) is 0 Å². The average molecular weight is 688 g/mol. The van der Waals surface area contributed by atoms with Crippen molar-refractivity contribution in [2.45, 2.75) is 29.5 Å². The van der Waals surface area contributed by atoms with Crippen LogP contribution in [-0.4, -0.2) is 41.7 Å². The van der Waals surface area contributed by atoms with E-state index in [-0.39, 0.29) is 58.1 Å². The second-order valence-electron chi connectivity index (χ2n) is 12.6. The molecule has 2 aliphatic carbocycles. The van der Waals surface area contributed by atoms with Crippen LogP contribution in [0, 0.1) is 36.5 Å². The average Bonchev–Trinajstić information content (AvgIpc) is 3.79. The van der Waals surface area contributed by atoms with Crippen LogP contribution < -0.4 is 24.6 Å². The Morgan fingerprint density at radius 3 is 2.53 bits per heavy atom. The summed E-state index contributed by atoms with van der Waals surface area (Å²) in [5.74, 6) is -0.894. The highest BCUT2D eigenvalue weighted by Crippen LogP contribution is 2.69. The molecule has 0 unspecified atom stereocenters. The predicted molar refractivity (Wildman–Crippen MR) is 181 cm³/mol. The van der Waals surface area contributed by atoms with Crippen LogP contribution in [0.5, 0.6) is 11.5 Å². The molecule has 2 N–H and O–H groups in total. The van der Waals surface area contributed by atoms with Crippen LogP contribution in [-0.2, 0) is 14.4 Å². The first-order valence-electron chi connectivity index (χ1n) is 15.4. The van der Waals surface area contributed by atoms with Crippen LogP contribution in [0.2, 0.25) is 5.02 Å². The van der Waals surface area contributed by atoms with E-state index in [2.05, 4.69) is 10.3 Å². The number of rotatable bonds is 7. The van der Waals surface area contributed by atoms with Gasteiger partial charge in [-0.15, -0.1) is 11.8 Å². The first-order valence-corrected chi connectivity index (χ1v) is 17.5. The molecule has 4 aromatic rings. The van der Waals surface area contributed by atoms with Crippen molar-refractivity contribution in [2.75, 3.05) is 23.9 Å². The lowest BCUT2D eigenvalue weighted by Crippen LogP contribution is -2.42. The van der Waals surface area contributed by atoms with Crippen LogP contribution in [0.1, 0.15) is 28.3 Å². The number of halogens is 1. The fourth-order valence-corrected chi connectivity index (χ4v) is 11.4. The zero-order valence-corrected chi connectivity index (χ0v) is 27.8. The van der Waals surface area contributed by atoms with Crippen molar-refractivity contribution in [3.8, 4) is 11.5 Å². The molecule has 47 heavy (non-hydrogen) atoms. The predicted octanol–water partition coefficient (Wildman–Crippen LogP) is 6.10. The first-order chi connectivity index (χ1) is 22.7. The van der Waals surface area contributed by atoms with Gasteiger partial charge < -0.3 is 19.8 Å². The van der Waals surface area contributed by atoms with Crippen molar-refractivity contribution in [1.29, 1.82) is 0 Å². The van der Waals surface area contributed by atoms with E-state index in [0.29, 0.717) is 27.9 Å². The van der Waals surface area contributed by atoms with Crippen molar-refractivity contribution in [3.63, 3.8) is 0 Å². The Kier molecular flexibility index (Phi) is 7.46. The number of aromatic amines is 1. The molecule has 8 rings (SSSR count). The van der Waals surface area contributed by atoms with E-state index in [4.69, 9.17) is 21.1 Å². The molecule has 3 amide bonds. The number of aryl methyl sites for hydroxylation is 1. The largest absolute Gasteiger partial charge is 0.497 e. The Labute approximate surface area is 283 Å². The molecule has 2 saturated carbocycles. The van der Waals surface area contributed by atoms with E-state index in [1.165, 1.54) is 4.90 Å². The summed E-state index contributed by atoms with van der Waals surface area (Å²) in [6, 6.07) is 19.8. The number of aromatic nitrogens is 1. The third kappa shape index (κ3) is 4.98. The fourth-order valence-electron chi connectivity index (χ4n) is 8.31. The van der Waals surface area contributed by atoms with Crippen molar-refractivity contribution < 1.29 is 23.9 Å². The van der Waals surface area contributed by atoms with E-state index < -0.39 is 11.8 Å². The number of thiazole rings is 1. The normalized spacial score (nSPS) is 27.0. The van der Waals surface area contributed by atoms with Crippen molar-refractivity contribution >= 4 is 63.8 Å². The summed E-state index contributed by atoms with van der Waals surface area (Å²) in [6.45, 7) is 1.73. The van der Waals surface area contributed by atoms with Gasteiger partial charge in [0.15, 0.2) is 6.61 Å². The second kappa shape index (κ2) is 11.6. The molecule has 7 atom stereocenters. The topological polar surface area (TPSA) is 118 Å². The monoisotopic (exact) mass is 687 g/mol. The summed E-state index contributed by atoms with van der Waals surface area (Å²) >= 11 is 9.36. The lowest BCUT2D eigenvalue weighted by Gasteiger charge is -2.43. The van der Waals surface area contributed by atoms with Crippen molar-refractivity contribution in [1.82, 2.24) is 4.98 Å². The van der Waals surface area contributed by atoms with Gasteiger partial charge in [-0.25, -0.2) is 0 Å². The second-order valence-corrected chi connectivity index (χ2v) is 15.2. The molecule has 1 saturated heterocycles. The molecule has 240 valence electrons. The summed E-state index contributed by atoms with van der Waals surface area (Å²) in [7, 11) is 1.57. The maximum Gasteiger partial charge on any atom is 0.305 e. The van der Waals surface area contributed by atoms with Gasteiger partial charge in [0.25, 0.3) is 5.91 Å². The van der Waals surface area contributed by atoms with Crippen molar-refractivity contribution in [3.05, 3.63) is 97.4 Å². The first kappa shape index (κ1) is 30.3. The maximum absolute atomic E-state index is 14.1. The number of nitrogens with zero attached hydrogens (tertiary/aromatic N) is 1. The molecule has 0 radical (unpaired) electrons. The Morgan fingerprint density at radius 1 is 1.02 bits per heavy atom. The van der Waals surface area contributed by atoms with Gasteiger partial charge in [0, 0.05) is 32.3 Å². The smallest absolute Gasteiger partial charge is 0.305 e. The van der Waals surface area contributed by atoms with Crippen LogP contribution in [0.3, 0.4) is 0 Å². The van der Waals surface area contributed by atoms with Crippen LogP contribution >= 0.6 is 34.7 Å². The summed E-state index contributed by atoms with van der Waals surface area (Å²) in [5.41, 5.74) is 3.01. The number of hydrogen-bond donors (Lipinski definition) is 2. The molecule has 4 aliphatic rings. The molecule has 2 aliphatic heterocycles. The van der Waals surface area contributed by atoms with Crippen LogP contribution in [0.25, 0.3) is 0 Å². The number of hydrogen-bond acceptors (Lipinski definition) is 8. The highest BCUT2D eigenvalue weighted by atomic mass is 35.5. The summed E-state index contributed by atoms with van der Waals surface area (Å²) in [5, 5.41) is 4.15. The van der Waals surface area contributed by atoms with E-state index in [1.54, 1.807) is 55.3 Å².